The van der Waals surface area contributed by atoms with Gasteiger partial charge in [0.15, 0.2) is 0 Å². The molecular weight excluding hydrogens is 162 g/mol. The summed E-state index contributed by atoms with van der Waals surface area (Å²) in [5, 5.41) is 9.00. The van der Waals surface area contributed by atoms with Gasteiger partial charge in [-0.15, -0.1) is 5.34 Å². The summed E-state index contributed by atoms with van der Waals surface area (Å²) >= 11 is 0. The number of rotatable bonds is 0. The van der Waals surface area contributed by atoms with Gasteiger partial charge in [-0.25, -0.2) is 0 Å². The summed E-state index contributed by atoms with van der Waals surface area (Å²) < 4.78 is 0. The van der Waals surface area contributed by atoms with Crippen LogP contribution >= 0.6 is 0 Å². The van der Waals surface area contributed by atoms with Gasteiger partial charge in [-0.05, 0) is 0 Å². The summed E-state index contributed by atoms with van der Waals surface area (Å²) in [7, 11) is 0. The standard InChI is InChI=1S/HNO2.Na.Nb/c2-1-3;;/h(H,2,3);;/q;+1;/p-1. The van der Waals surface area contributed by atoms with E-state index in [2.05, 4.69) is 0 Å². The van der Waals surface area contributed by atoms with Crippen molar-refractivity contribution in [2.45, 2.75) is 0 Å². The maximum Gasteiger partial charge on any atom is 1.00 e. The van der Waals surface area contributed by atoms with Crippen LogP contribution < -0.4 is 29.6 Å². The number of hydrogen-bond acceptors (Lipinski definition) is 3. The van der Waals surface area contributed by atoms with Gasteiger partial charge in [-0.2, -0.15) is 0 Å². The van der Waals surface area contributed by atoms with Gasteiger partial charge < -0.3 is 10.1 Å². The Morgan fingerprint density at radius 3 is 1.60 bits per heavy atom. The van der Waals surface area contributed by atoms with Gasteiger partial charge in [0.1, 0.15) is 0 Å². The summed E-state index contributed by atoms with van der Waals surface area (Å²) in [4.78, 5) is 8.00. The molecule has 0 fully saturated rings. The van der Waals surface area contributed by atoms with Crippen LogP contribution in [0.4, 0.5) is 0 Å². The van der Waals surface area contributed by atoms with Gasteiger partial charge in [0, 0.05) is 22.4 Å². The smallest absolute Gasteiger partial charge is 0.444 e. The first-order valence-electron chi connectivity index (χ1n) is 0.365. The molecule has 0 spiro atoms. The predicted octanol–water partition coefficient (Wildman–Crippen LogP) is -2.75. The number of hydrogen-bond donors (Lipinski definition) is 0. The minimum absolute atomic E-state index is 0. The molecule has 0 saturated heterocycles. The van der Waals surface area contributed by atoms with E-state index >= 15 is 0 Å². The Labute approximate surface area is 66.9 Å². The molecule has 0 saturated carbocycles. The maximum absolute atomic E-state index is 8.00. The van der Waals surface area contributed by atoms with Gasteiger partial charge in [-0.1, -0.05) is 0 Å². The van der Waals surface area contributed by atoms with Crippen molar-refractivity contribution in [1.82, 2.24) is 0 Å². The summed E-state index contributed by atoms with van der Waals surface area (Å²) in [6, 6.07) is 0. The SMILES string of the molecule is O=N[O-].[Na+].[Nb]. The molecule has 0 bridgehead atoms. The minimum Gasteiger partial charge on any atom is -0.444 e. The molecule has 0 N–H and O–H groups in total. The molecule has 0 aliphatic heterocycles. The molecule has 5 heavy (non-hydrogen) atoms. The van der Waals surface area contributed by atoms with E-state index in [1.807, 2.05) is 0 Å². The predicted molar refractivity (Wildman–Crippen MR) is 9.16 cm³/mol. The van der Waals surface area contributed by atoms with Crippen LogP contribution in [0.15, 0.2) is 5.34 Å². The minimum atomic E-state index is 0. The maximum atomic E-state index is 8.00. The first kappa shape index (κ1) is 16.5. The van der Waals surface area contributed by atoms with Crippen molar-refractivity contribution in [3.63, 3.8) is 0 Å². The molecule has 0 amide bonds. The van der Waals surface area contributed by atoms with Crippen molar-refractivity contribution >= 4 is 0 Å². The summed E-state index contributed by atoms with van der Waals surface area (Å²) in [5.74, 6) is 0. The first-order valence-corrected chi connectivity index (χ1v) is 0.365. The zero-order valence-corrected chi connectivity index (χ0v) is 6.91. The monoisotopic (exact) mass is 162 g/mol. The van der Waals surface area contributed by atoms with Crippen molar-refractivity contribution in [1.29, 1.82) is 0 Å². The average molecular weight is 162 g/mol. The quantitative estimate of drug-likeness (QED) is 0.220. The van der Waals surface area contributed by atoms with E-state index < -0.39 is 0 Å². The van der Waals surface area contributed by atoms with E-state index in [0.29, 0.717) is 0 Å². The van der Waals surface area contributed by atoms with E-state index in [1.165, 1.54) is 0 Å². The molecule has 0 heterocycles. The molecular formula is NNaNbO2. The van der Waals surface area contributed by atoms with Crippen LogP contribution in [0.3, 0.4) is 0 Å². The molecule has 23 valence electrons. The molecule has 0 rings (SSSR count). The fourth-order valence-corrected chi connectivity index (χ4v) is 0. The normalized spacial score (nSPS) is 2.40. The number of nitrogens with zero attached hydrogens (tertiary/aromatic N) is 1. The third-order valence-corrected chi connectivity index (χ3v) is 0. The average Bonchev–Trinajstić information content (AvgIpc) is 0.918. The summed E-state index contributed by atoms with van der Waals surface area (Å²) in [6.07, 6.45) is 0. The van der Waals surface area contributed by atoms with Gasteiger partial charge in [-0.3, -0.25) is 0 Å². The summed E-state index contributed by atoms with van der Waals surface area (Å²) in [5.41, 5.74) is 0. The van der Waals surface area contributed by atoms with Gasteiger partial charge in [0.2, 0.25) is 0 Å². The van der Waals surface area contributed by atoms with E-state index in [9.17, 15) is 0 Å². The fourth-order valence-electron chi connectivity index (χ4n) is 0. The molecule has 0 aliphatic rings. The molecule has 0 aromatic carbocycles. The Hall–Kier alpha value is 1.14. The Kier molecular flexibility index (Phi) is 63.3. The van der Waals surface area contributed by atoms with Crippen molar-refractivity contribution in [3.05, 3.63) is 10.1 Å². The second-order valence-electron chi connectivity index (χ2n) is 0.0745. The van der Waals surface area contributed by atoms with Crippen LogP contribution in [0.2, 0.25) is 0 Å². The Morgan fingerprint density at radius 1 is 1.60 bits per heavy atom. The molecule has 5 heteroatoms. The van der Waals surface area contributed by atoms with Crippen LogP contribution in [0, 0.1) is 10.1 Å². The van der Waals surface area contributed by atoms with E-state index in [4.69, 9.17) is 10.1 Å². The molecule has 0 unspecified atom stereocenters. The first-order chi connectivity index (χ1) is 1.41. The largest absolute Gasteiger partial charge is 1.00 e. The molecule has 1 radical (unpaired) electrons. The summed E-state index contributed by atoms with van der Waals surface area (Å²) in [6.45, 7) is 0. The van der Waals surface area contributed by atoms with Crippen LogP contribution in [-0.4, -0.2) is 0 Å². The molecule has 0 atom stereocenters. The van der Waals surface area contributed by atoms with Gasteiger partial charge >= 0.3 is 29.6 Å². The van der Waals surface area contributed by atoms with Crippen LogP contribution in [0.25, 0.3) is 0 Å². The third kappa shape index (κ3) is 39.0. The molecule has 3 nitrogen and oxygen atoms in total. The van der Waals surface area contributed by atoms with Crippen LogP contribution in [0.5, 0.6) is 0 Å². The second kappa shape index (κ2) is 19.2. The third-order valence-electron chi connectivity index (χ3n) is 0. The van der Waals surface area contributed by atoms with E-state index in [0.717, 1.165) is 5.34 Å². The molecule has 0 aromatic heterocycles. The van der Waals surface area contributed by atoms with Crippen molar-refractivity contribution in [2.24, 2.45) is 5.34 Å². The zero-order valence-electron chi connectivity index (χ0n) is 2.71. The van der Waals surface area contributed by atoms with Crippen LogP contribution in [-0.2, 0) is 22.4 Å². The van der Waals surface area contributed by atoms with Gasteiger partial charge in [0.25, 0.3) is 0 Å². The van der Waals surface area contributed by atoms with E-state index in [-0.39, 0.29) is 51.9 Å². The van der Waals surface area contributed by atoms with Crippen molar-refractivity contribution < 1.29 is 51.9 Å². The van der Waals surface area contributed by atoms with Crippen LogP contribution in [0.1, 0.15) is 0 Å². The molecule has 0 aliphatic carbocycles. The Balaban J connectivity index is -0.0000000200. The second-order valence-corrected chi connectivity index (χ2v) is 0.0745. The topological polar surface area (TPSA) is 52.5 Å². The fraction of sp³-hybridized carbons (Fsp3) is 0. The van der Waals surface area contributed by atoms with Gasteiger partial charge in [0.05, 0.1) is 0 Å². The Bertz CT molecular complexity index is 17.1. The van der Waals surface area contributed by atoms with Crippen molar-refractivity contribution in [2.75, 3.05) is 0 Å². The zero-order chi connectivity index (χ0) is 2.71. The molecule has 0 aromatic rings. The van der Waals surface area contributed by atoms with Crippen molar-refractivity contribution in [3.8, 4) is 0 Å². The van der Waals surface area contributed by atoms with E-state index in [1.54, 1.807) is 0 Å². The Morgan fingerprint density at radius 2 is 1.60 bits per heavy atom.